The molecule has 2 saturated heterocycles. The van der Waals surface area contributed by atoms with Gasteiger partial charge >= 0.3 is 5.97 Å². The van der Waals surface area contributed by atoms with Crippen LogP contribution in [0.5, 0.6) is 0 Å². The van der Waals surface area contributed by atoms with Gasteiger partial charge in [0.1, 0.15) is 17.2 Å². The fourth-order valence-corrected chi connectivity index (χ4v) is 5.93. The third kappa shape index (κ3) is 3.91. The first kappa shape index (κ1) is 22.0. The minimum absolute atomic E-state index is 0.138. The molecule has 3 fully saturated rings. The van der Waals surface area contributed by atoms with Crippen LogP contribution < -0.4 is 10.2 Å². The Bertz CT molecular complexity index is 1280. The number of carboxylic acid groups (broad SMARTS) is 1. The lowest BCUT2D eigenvalue weighted by molar-refractivity contribution is -0.119. The van der Waals surface area contributed by atoms with Crippen LogP contribution in [-0.2, 0) is 4.79 Å². The second-order valence-corrected chi connectivity index (χ2v) is 9.90. The molecule has 2 N–H and O–H groups in total. The largest absolute Gasteiger partial charge is 0.477 e. The number of carbonyl (C=O) groups is 2. The van der Waals surface area contributed by atoms with E-state index in [2.05, 4.69) is 32.2 Å². The summed E-state index contributed by atoms with van der Waals surface area (Å²) in [5.74, 6) is 0.106. The lowest BCUT2D eigenvalue weighted by atomic mass is 10.1. The summed E-state index contributed by atoms with van der Waals surface area (Å²) in [6, 6.07) is 6.23. The summed E-state index contributed by atoms with van der Waals surface area (Å²) in [6.07, 6.45) is 10.2. The summed E-state index contributed by atoms with van der Waals surface area (Å²) in [4.78, 5) is 42.4. The fourth-order valence-electron chi connectivity index (χ4n) is 5.93. The van der Waals surface area contributed by atoms with Crippen molar-refractivity contribution in [2.75, 3.05) is 23.8 Å². The predicted octanol–water partition coefficient (Wildman–Crippen LogP) is 3.58. The van der Waals surface area contributed by atoms with E-state index in [9.17, 15) is 14.7 Å². The minimum atomic E-state index is -0.955. The highest BCUT2D eigenvalue weighted by molar-refractivity contribution is 5.94. The third-order valence-electron chi connectivity index (χ3n) is 7.87. The average molecular weight is 476 g/mol. The maximum atomic E-state index is 12.8. The van der Waals surface area contributed by atoms with Gasteiger partial charge in [0.05, 0.1) is 11.9 Å². The van der Waals surface area contributed by atoms with Crippen LogP contribution in [0.15, 0.2) is 30.6 Å². The van der Waals surface area contributed by atoms with Gasteiger partial charge in [-0.05, 0) is 50.9 Å². The highest BCUT2D eigenvalue weighted by Crippen LogP contribution is 2.35. The molecule has 10 heteroatoms. The second kappa shape index (κ2) is 8.60. The maximum absolute atomic E-state index is 12.8. The molecular weight excluding hydrogens is 446 g/mol. The molecule has 182 valence electrons. The Morgan fingerprint density at radius 2 is 1.86 bits per heavy atom. The molecule has 2 aliphatic heterocycles. The smallest absolute Gasteiger partial charge is 0.352 e. The molecule has 10 nitrogen and oxygen atoms in total. The molecule has 0 unspecified atom stereocenters. The molecule has 0 spiro atoms. The lowest BCUT2D eigenvalue weighted by Crippen LogP contribution is -2.38. The van der Waals surface area contributed by atoms with Crippen molar-refractivity contribution in [2.45, 2.75) is 63.1 Å². The fraction of sp³-hybridized carbons (Fsp3) is 0.480. The number of fused-ring (bicyclic) bond motifs is 3. The van der Waals surface area contributed by atoms with Crippen molar-refractivity contribution < 1.29 is 14.7 Å². The maximum Gasteiger partial charge on any atom is 0.352 e. The first-order valence-corrected chi connectivity index (χ1v) is 12.3. The van der Waals surface area contributed by atoms with Gasteiger partial charge in [0, 0.05) is 42.7 Å². The van der Waals surface area contributed by atoms with Crippen LogP contribution in [0.1, 0.15) is 61.5 Å². The first-order valence-electron chi connectivity index (χ1n) is 12.3. The number of carbonyl (C=O) groups excluding carboxylic acids is 1. The number of hydrogen-bond acceptors (Lipinski definition) is 7. The summed E-state index contributed by atoms with van der Waals surface area (Å²) in [5, 5.41) is 13.6. The van der Waals surface area contributed by atoms with Crippen molar-refractivity contribution >= 4 is 40.4 Å². The van der Waals surface area contributed by atoms with Gasteiger partial charge in [-0.2, -0.15) is 4.98 Å². The SMILES string of the molecule is CN1[C@@H]2CC[C@H]1CC(=O)N(c1ccc(Nc3ncc4cc(C(=O)O)n(C5CCCC5)c4n3)nc1)C2. The van der Waals surface area contributed by atoms with E-state index >= 15 is 0 Å². The van der Waals surface area contributed by atoms with E-state index < -0.39 is 5.97 Å². The number of anilines is 3. The molecule has 1 saturated carbocycles. The van der Waals surface area contributed by atoms with Crippen molar-refractivity contribution in [2.24, 2.45) is 0 Å². The second-order valence-electron chi connectivity index (χ2n) is 9.90. The van der Waals surface area contributed by atoms with Gasteiger partial charge in [-0.3, -0.25) is 9.69 Å². The van der Waals surface area contributed by atoms with E-state index in [0.29, 0.717) is 47.8 Å². The number of likely N-dealkylation sites (N-methyl/N-ethyl adjacent to an activating group) is 1. The van der Waals surface area contributed by atoms with E-state index in [1.165, 1.54) is 0 Å². The Morgan fingerprint density at radius 1 is 1.06 bits per heavy atom. The normalized spacial score (nSPS) is 23.2. The van der Waals surface area contributed by atoms with E-state index in [1.54, 1.807) is 18.5 Å². The molecule has 0 radical (unpaired) electrons. The number of nitrogens with zero attached hydrogens (tertiary/aromatic N) is 6. The molecule has 5 heterocycles. The molecular formula is C25H29N7O3. The molecule has 3 aromatic heterocycles. The molecule has 2 bridgehead atoms. The zero-order valence-electron chi connectivity index (χ0n) is 19.7. The molecule has 1 aliphatic carbocycles. The predicted molar refractivity (Wildman–Crippen MR) is 131 cm³/mol. The van der Waals surface area contributed by atoms with Crippen LogP contribution in [0.4, 0.5) is 17.5 Å². The highest BCUT2D eigenvalue weighted by atomic mass is 16.4. The zero-order valence-corrected chi connectivity index (χ0v) is 19.7. The van der Waals surface area contributed by atoms with Gasteiger partial charge in [-0.25, -0.2) is 14.8 Å². The zero-order chi connectivity index (χ0) is 24.1. The van der Waals surface area contributed by atoms with Gasteiger partial charge in [0.2, 0.25) is 11.9 Å². The number of carboxylic acids is 1. The van der Waals surface area contributed by atoms with E-state index in [-0.39, 0.29) is 17.6 Å². The summed E-state index contributed by atoms with van der Waals surface area (Å²) in [6.45, 7) is 0.685. The van der Waals surface area contributed by atoms with Crippen molar-refractivity contribution in [3.63, 3.8) is 0 Å². The number of rotatable bonds is 5. The number of nitrogens with one attached hydrogen (secondary N) is 1. The summed E-state index contributed by atoms with van der Waals surface area (Å²) in [5.41, 5.74) is 1.67. The van der Waals surface area contributed by atoms with Crippen molar-refractivity contribution in [3.05, 3.63) is 36.3 Å². The Kier molecular flexibility index (Phi) is 5.40. The Balaban J connectivity index is 1.24. The van der Waals surface area contributed by atoms with E-state index in [1.807, 2.05) is 21.6 Å². The number of hydrogen-bond donors (Lipinski definition) is 2. The monoisotopic (exact) mass is 475 g/mol. The van der Waals surface area contributed by atoms with Gasteiger partial charge in [0.15, 0.2) is 0 Å². The van der Waals surface area contributed by atoms with Crippen molar-refractivity contribution in [1.82, 2.24) is 24.4 Å². The summed E-state index contributed by atoms with van der Waals surface area (Å²) in [7, 11) is 2.11. The van der Waals surface area contributed by atoms with Gasteiger partial charge in [-0.15, -0.1) is 0 Å². The molecule has 3 aromatic rings. The van der Waals surface area contributed by atoms with Gasteiger partial charge < -0.3 is 19.9 Å². The molecule has 3 aliphatic rings. The summed E-state index contributed by atoms with van der Waals surface area (Å²) < 4.78 is 1.85. The minimum Gasteiger partial charge on any atom is -0.477 e. The topological polar surface area (TPSA) is 116 Å². The van der Waals surface area contributed by atoms with Crippen molar-refractivity contribution in [3.8, 4) is 0 Å². The quantitative estimate of drug-likeness (QED) is 0.575. The average Bonchev–Trinajstić information content (AvgIpc) is 3.55. The lowest BCUT2D eigenvalue weighted by Gasteiger charge is -2.25. The Morgan fingerprint density at radius 3 is 2.60 bits per heavy atom. The van der Waals surface area contributed by atoms with Crippen LogP contribution in [-0.4, -0.2) is 67.1 Å². The third-order valence-corrected chi connectivity index (χ3v) is 7.87. The standard InChI is InChI=1S/C25H29N7O3/c1-30-17-6-7-19(30)14-31(22(33)11-17)18-8-9-21(26-13-18)28-25-27-12-15-10-20(24(34)35)32(23(15)29-25)16-4-2-3-5-16/h8-10,12-13,16-17,19H,2-7,11,14H2,1H3,(H,34,35)(H,26,27,28,29)/t17-,19+/m0/s1. The van der Waals surface area contributed by atoms with Crippen LogP contribution in [0.3, 0.4) is 0 Å². The van der Waals surface area contributed by atoms with Gasteiger partial charge in [-0.1, -0.05) is 12.8 Å². The van der Waals surface area contributed by atoms with Crippen LogP contribution in [0.25, 0.3) is 11.0 Å². The number of aromatic nitrogens is 4. The highest BCUT2D eigenvalue weighted by Gasteiger charge is 2.38. The number of amides is 1. The van der Waals surface area contributed by atoms with Gasteiger partial charge in [0.25, 0.3) is 0 Å². The molecule has 35 heavy (non-hydrogen) atoms. The summed E-state index contributed by atoms with van der Waals surface area (Å²) >= 11 is 0. The van der Waals surface area contributed by atoms with Crippen LogP contribution in [0.2, 0.25) is 0 Å². The van der Waals surface area contributed by atoms with Crippen LogP contribution >= 0.6 is 0 Å². The van der Waals surface area contributed by atoms with E-state index in [0.717, 1.165) is 44.2 Å². The molecule has 0 aromatic carbocycles. The number of aromatic carboxylic acids is 1. The number of pyridine rings is 1. The molecule has 6 rings (SSSR count). The first-order chi connectivity index (χ1) is 17.0. The Hall–Kier alpha value is -3.53. The van der Waals surface area contributed by atoms with Crippen LogP contribution in [0, 0.1) is 0 Å². The molecule has 1 amide bonds. The van der Waals surface area contributed by atoms with E-state index in [4.69, 9.17) is 0 Å². The van der Waals surface area contributed by atoms with Crippen molar-refractivity contribution in [1.29, 1.82) is 0 Å². The molecule has 2 atom stereocenters. The Labute approximate surface area is 203 Å².